The first-order valence-electron chi connectivity index (χ1n) is 10.5. The van der Waals surface area contributed by atoms with Gasteiger partial charge < -0.3 is 19.5 Å². The van der Waals surface area contributed by atoms with Crippen molar-refractivity contribution in [1.82, 2.24) is 15.1 Å². The van der Waals surface area contributed by atoms with Gasteiger partial charge in [0, 0.05) is 17.2 Å². The Morgan fingerprint density at radius 3 is 2.56 bits per heavy atom. The number of rotatable bonds is 9. The maximum Gasteiger partial charge on any atom is 0.331 e. The number of aromatic nitrogens is 2. The zero-order valence-electron chi connectivity index (χ0n) is 19.4. The van der Waals surface area contributed by atoms with E-state index < -0.39 is 24.5 Å². The van der Waals surface area contributed by atoms with Gasteiger partial charge in [-0.1, -0.05) is 29.8 Å². The molecular formula is C25H26ClN3O5. The van der Waals surface area contributed by atoms with Crippen molar-refractivity contribution in [2.45, 2.75) is 19.9 Å². The van der Waals surface area contributed by atoms with E-state index in [0.717, 1.165) is 11.3 Å². The van der Waals surface area contributed by atoms with Crippen LogP contribution in [0.15, 0.2) is 54.6 Å². The average molecular weight is 484 g/mol. The van der Waals surface area contributed by atoms with Crippen molar-refractivity contribution in [2.75, 3.05) is 20.8 Å². The molecule has 34 heavy (non-hydrogen) atoms. The lowest BCUT2D eigenvalue weighted by molar-refractivity contribution is -0.144. The molecule has 0 saturated heterocycles. The Hall–Kier alpha value is -3.78. The third-order valence-corrected chi connectivity index (χ3v) is 5.42. The van der Waals surface area contributed by atoms with Gasteiger partial charge in [0.25, 0.3) is 5.91 Å². The molecule has 8 nitrogen and oxygen atoms in total. The molecule has 9 heteroatoms. The highest BCUT2D eigenvalue weighted by Crippen LogP contribution is 2.29. The predicted octanol–water partition coefficient (Wildman–Crippen LogP) is 4.29. The minimum atomic E-state index is -0.676. The fourth-order valence-electron chi connectivity index (χ4n) is 3.32. The largest absolute Gasteiger partial charge is 0.497 e. The SMILES string of the molecule is COc1ccc(OC)c(C(C)NC(=O)COC(=O)/C=C/c2c(C)nn(-c3ccccc3)c2Cl)c1. The summed E-state index contributed by atoms with van der Waals surface area (Å²) in [5.41, 5.74) is 2.78. The molecule has 1 unspecified atom stereocenters. The lowest BCUT2D eigenvalue weighted by Crippen LogP contribution is -2.31. The number of methoxy groups -OCH3 is 2. The maximum atomic E-state index is 12.3. The number of carbonyl (C=O) groups is 2. The molecule has 3 aromatic rings. The molecule has 3 rings (SSSR count). The molecule has 178 valence electrons. The molecule has 0 aliphatic carbocycles. The number of nitrogens with zero attached hydrogens (tertiary/aromatic N) is 2. The highest BCUT2D eigenvalue weighted by atomic mass is 35.5. The molecule has 1 heterocycles. The second-order valence-corrected chi connectivity index (χ2v) is 7.73. The topological polar surface area (TPSA) is 91.7 Å². The predicted molar refractivity (Wildman–Crippen MR) is 129 cm³/mol. The van der Waals surface area contributed by atoms with Gasteiger partial charge in [0.2, 0.25) is 0 Å². The van der Waals surface area contributed by atoms with E-state index in [9.17, 15) is 9.59 Å². The first kappa shape index (κ1) is 24.9. The van der Waals surface area contributed by atoms with Crippen LogP contribution in [-0.4, -0.2) is 42.5 Å². The molecule has 1 atom stereocenters. The van der Waals surface area contributed by atoms with Crippen LogP contribution in [0.1, 0.15) is 29.8 Å². The second kappa shape index (κ2) is 11.4. The fourth-order valence-corrected chi connectivity index (χ4v) is 3.65. The number of benzene rings is 2. The van der Waals surface area contributed by atoms with Crippen molar-refractivity contribution in [3.05, 3.63) is 76.6 Å². The zero-order chi connectivity index (χ0) is 24.7. The minimum Gasteiger partial charge on any atom is -0.497 e. The molecule has 0 aliphatic rings. The summed E-state index contributed by atoms with van der Waals surface area (Å²) in [7, 11) is 3.11. The summed E-state index contributed by atoms with van der Waals surface area (Å²) in [6.45, 7) is 3.15. The number of aryl methyl sites for hydroxylation is 1. The zero-order valence-corrected chi connectivity index (χ0v) is 20.1. The lowest BCUT2D eigenvalue weighted by atomic mass is 10.1. The van der Waals surface area contributed by atoms with E-state index in [1.807, 2.05) is 30.3 Å². The van der Waals surface area contributed by atoms with Crippen molar-refractivity contribution in [3.63, 3.8) is 0 Å². The van der Waals surface area contributed by atoms with Gasteiger partial charge in [0.1, 0.15) is 16.7 Å². The summed E-state index contributed by atoms with van der Waals surface area (Å²) in [5.74, 6) is 0.116. The smallest absolute Gasteiger partial charge is 0.331 e. The molecule has 2 aromatic carbocycles. The number of esters is 1. The lowest BCUT2D eigenvalue weighted by Gasteiger charge is -2.18. The number of ether oxygens (including phenoxy) is 3. The third kappa shape index (κ3) is 5.96. The Kier molecular flexibility index (Phi) is 8.32. The third-order valence-electron chi connectivity index (χ3n) is 5.06. The number of nitrogens with one attached hydrogen (secondary N) is 1. The normalized spacial score (nSPS) is 11.8. The van der Waals surface area contributed by atoms with Gasteiger partial charge in [0.15, 0.2) is 6.61 Å². The molecule has 1 aromatic heterocycles. The second-order valence-electron chi connectivity index (χ2n) is 7.38. The summed E-state index contributed by atoms with van der Waals surface area (Å²) in [5, 5.41) is 7.57. The first-order valence-corrected chi connectivity index (χ1v) is 10.9. The molecule has 1 amide bonds. The summed E-state index contributed by atoms with van der Waals surface area (Å²) in [6.07, 6.45) is 2.74. The van der Waals surface area contributed by atoms with Gasteiger partial charge in [-0.05, 0) is 50.3 Å². The Morgan fingerprint density at radius 1 is 1.15 bits per heavy atom. The number of para-hydroxylation sites is 1. The highest BCUT2D eigenvalue weighted by Gasteiger charge is 2.17. The van der Waals surface area contributed by atoms with E-state index in [1.54, 1.807) is 50.9 Å². The van der Waals surface area contributed by atoms with Crippen LogP contribution in [0.3, 0.4) is 0 Å². The van der Waals surface area contributed by atoms with E-state index >= 15 is 0 Å². The van der Waals surface area contributed by atoms with Crippen LogP contribution in [0.4, 0.5) is 0 Å². The molecular weight excluding hydrogens is 458 g/mol. The number of amides is 1. The molecule has 0 radical (unpaired) electrons. The summed E-state index contributed by atoms with van der Waals surface area (Å²) in [4.78, 5) is 24.5. The van der Waals surface area contributed by atoms with E-state index in [4.69, 9.17) is 25.8 Å². The van der Waals surface area contributed by atoms with Crippen molar-refractivity contribution in [1.29, 1.82) is 0 Å². The molecule has 0 saturated carbocycles. The molecule has 0 fully saturated rings. The molecule has 0 aliphatic heterocycles. The van der Waals surface area contributed by atoms with E-state index in [-0.39, 0.29) is 0 Å². The highest BCUT2D eigenvalue weighted by molar-refractivity contribution is 6.31. The first-order chi connectivity index (χ1) is 16.3. The molecule has 0 bridgehead atoms. The number of carbonyl (C=O) groups excluding carboxylic acids is 2. The fraction of sp³-hybridized carbons (Fsp3) is 0.240. The van der Waals surface area contributed by atoms with Gasteiger partial charge >= 0.3 is 5.97 Å². The Balaban J connectivity index is 1.58. The van der Waals surface area contributed by atoms with Crippen molar-refractivity contribution < 1.29 is 23.8 Å². The summed E-state index contributed by atoms with van der Waals surface area (Å²) >= 11 is 6.45. The molecule has 0 spiro atoms. The van der Waals surface area contributed by atoms with Crippen LogP contribution in [0, 0.1) is 6.92 Å². The Morgan fingerprint density at radius 2 is 1.88 bits per heavy atom. The average Bonchev–Trinajstić information content (AvgIpc) is 3.14. The number of hydrogen-bond donors (Lipinski definition) is 1. The summed E-state index contributed by atoms with van der Waals surface area (Å²) in [6, 6.07) is 14.3. The monoisotopic (exact) mass is 483 g/mol. The maximum absolute atomic E-state index is 12.3. The van der Waals surface area contributed by atoms with E-state index in [2.05, 4.69) is 10.4 Å². The van der Waals surface area contributed by atoms with Crippen LogP contribution in [0.2, 0.25) is 5.15 Å². The minimum absolute atomic E-state index is 0.367. The standard InChI is InChI=1S/C25H26ClN3O5/c1-16(21-14-19(32-3)10-12-22(21)33-4)27-23(30)15-34-24(31)13-11-20-17(2)28-29(25(20)26)18-8-6-5-7-9-18/h5-14,16H,15H2,1-4H3,(H,27,30)/b13-11+. The van der Waals surface area contributed by atoms with E-state index in [1.165, 1.54) is 12.2 Å². The van der Waals surface area contributed by atoms with Crippen LogP contribution in [-0.2, 0) is 14.3 Å². The summed E-state index contributed by atoms with van der Waals surface area (Å²) < 4.78 is 17.2. The van der Waals surface area contributed by atoms with Crippen molar-refractivity contribution in [2.24, 2.45) is 0 Å². The van der Waals surface area contributed by atoms with Gasteiger partial charge in [0.05, 0.1) is 31.6 Å². The van der Waals surface area contributed by atoms with Gasteiger partial charge in [-0.15, -0.1) is 0 Å². The van der Waals surface area contributed by atoms with Crippen LogP contribution < -0.4 is 14.8 Å². The van der Waals surface area contributed by atoms with Crippen molar-refractivity contribution >= 4 is 29.6 Å². The van der Waals surface area contributed by atoms with Gasteiger partial charge in [-0.3, -0.25) is 4.79 Å². The molecule has 1 N–H and O–H groups in total. The quantitative estimate of drug-likeness (QED) is 0.360. The van der Waals surface area contributed by atoms with Crippen LogP contribution in [0.5, 0.6) is 11.5 Å². The van der Waals surface area contributed by atoms with Crippen LogP contribution >= 0.6 is 11.6 Å². The van der Waals surface area contributed by atoms with E-state index in [0.29, 0.717) is 27.9 Å². The van der Waals surface area contributed by atoms with Gasteiger partial charge in [-0.25, -0.2) is 9.48 Å². The Bertz CT molecular complexity index is 1190. The number of halogens is 1. The van der Waals surface area contributed by atoms with Gasteiger partial charge in [-0.2, -0.15) is 5.10 Å². The van der Waals surface area contributed by atoms with Crippen LogP contribution in [0.25, 0.3) is 11.8 Å². The number of hydrogen-bond acceptors (Lipinski definition) is 6. The van der Waals surface area contributed by atoms with Crippen molar-refractivity contribution in [3.8, 4) is 17.2 Å². The Labute approximate surface area is 203 Å².